The van der Waals surface area contributed by atoms with Crippen LogP contribution in [0.2, 0.25) is 0 Å². The van der Waals surface area contributed by atoms with Gasteiger partial charge in [0.2, 0.25) is 10.0 Å². The van der Waals surface area contributed by atoms with Crippen LogP contribution in [0, 0.1) is 5.82 Å². The first-order valence-corrected chi connectivity index (χ1v) is 7.55. The third kappa shape index (κ3) is 4.04. The van der Waals surface area contributed by atoms with Crippen molar-refractivity contribution in [3.05, 3.63) is 30.1 Å². The molecule has 0 fully saturated rings. The van der Waals surface area contributed by atoms with E-state index < -0.39 is 15.8 Å². The Morgan fingerprint density at radius 1 is 1.35 bits per heavy atom. The zero-order valence-corrected chi connectivity index (χ0v) is 12.1. The smallest absolute Gasteiger partial charge is 0.207 e. The molecular formula is C11H15BrFNO2S. The highest BCUT2D eigenvalue weighted by Crippen LogP contribution is 2.16. The monoisotopic (exact) mass is 323 g/mol. The number of alkyl halides is 1. The fourth-order valence-electron chi connectivity index (χ4n) is 1.27. The van der Waals surface area contributed by atoms with Crippen molar-refractivity contribution in [2.75, 3.05) is 13.6 Å². The number of hydrogen-bond donors (Lipinski definition) is 0. The van der Waals surface area contributed by atoms with Crippen LogP contribution in [0.3, 0.4) is 0 Å². The van der Waals surface area contributed by atoms with Crippen molar-refractivity contribution in [2.24, 2.45) is 0 Å². The summed E-state index contributed by atoms with van der Waals surface area (Å²) >= 11 is 3.36. The summed E-state index contributed by atoms with van der Waals surface area (Å²) in [5.74, 6) is -0.444. The number of halogens is 2. The van der Waals surface area contributed by atoms with Gasteiger partial charge in [-0.25, -0.2) is 17.1 Å². The maximum atomic E-state index is 12.7. The van der Waals surface area contributed by atoms with Crippen molar-refractivity contribution < 1.29 is 12.8 Å². The molecule has 1 atom stereocenters. The van der Waals surface area contributed by atoms with Crippen LogP contribution in [-0.4, -0.2) is 31.1 Å². The Balaban J connectivity index is 2.84. The average molecular weight is 324 g/mol. The minimum atomic E-state index is -3.51. The molecule has 0 saturated carbocycles. The summed E-state index contributed by atoms with van der Waals surface area (Å²) in [6.07, 6.45) is 0.719. The van der Waals surface area contributed by atoms with Crippen molar-refractivity contribution in [3.63, 3.8) is 0 Å². The first-order valence-electron chi connectivity index (χ1n) is 5.20. The minimum absolute atomic E-state index is 0.114. The lowest BCUT2D eigenvalue weighted by molar-refractivity contribution is 0.462. The van der Waals surface area contributed by atoms with E-state index in [9.17, 15) is 12.8 Å². The van der Waals surface area contributed by atoms with Gasteiger partial charge in [-0.3, -0.25) is 0 Å². The van der Waals surface area contributed by atoms with Crippen molar-refractivity contribution in [1.82, 2.24) is 4.31 Å². The van der Waals surface area contributed by atoms with Crippen LogP contribution in [0.25, 0.3) is 0 Å². The van der Waals surface area contributed by atoms with Crippen LogP contribution in [-0.2, 0) is 10.0 Å². The number of rotatable bonds is 5. The molecule has 6 heteroatoms. The number of benzene rings is 1. The SMILES string of the molecule is CC(Br)CCN(C)S(=O)(=O)c1ccc(F)cc1. The first kappa shape index (κ1) is 14.6. The summed E-state index contributed by atoms with van der Waals surface area (Å²) in [6.45, 7) is 2.38. The van der Waals surface area contributed by atoms with Gasteiger partial charge in [-0.1, -0.05) is 22.9 Å². The van der Waals surface area contributed by atoms with Crippen LogP contribution in [0.15, 0.2) is 29.2 Å². The maximum absolute atomic E-state index is 12.7. The molecule has 3 nitrogen and oxygen atoms in total. The normalized spacial score (nSPS) is 13.9. The highest BCUT2D eigenvalue weighted by atomic mass is 79.9. The first-order chi connectivity index (χ1) is 7.84. The van der Waals surface area contributed by atoms with Gasteiger partial charge in [0, 0.05) is 18.4 Å². The molecule has 0 aromatic heterocycles. The van der Waals surface area contributed by atoms with Crippen molar-refractivity contribution >= 4 is 26.0 Å². The predicted octanol–water partition coefficient (Wildman–Crippen LogP) is 2.62. The van der Waals surface area contributed by atoms with Crippen LogP contribution in [0.4, 0.5) is 4.39 Å². The second-order valence-electron chi connectivity index (χ2n) is 3.85. The largest absolute Gasteiger partial charge is 0.242 e. The van der Waals surface area contributed by atoms with Gasteiger partial charge < -0.3 is 0 Å². The Hall–Kier alpha value is -0.460. The Kier molecular flexibility index (Phi) is 5.09. The molecule has 1 aromatic carbocycles. The Morgan fingerprint density at radius 3 is 2.35 bits per heavy atom. The molecule has 0 radical (unpaired) electrons. The molecule has 0 aliphatic rings. The second-order valence-corrected chi connectivity index (χ2v) is 7.46. The molecule has 0 bridgehead atoms. The molecule has 0 saturated heterocycles. The molecule has 96 valence electrons. The van der Waals surface area contributed by atoms with Crippen LogP contribution >= 0.6 is 15.9 Å². The zero-order chi connectivity index (χ0) is 13.1. The highest BCUT2D eigenvalue weighted by Gasteiger charge is 2.20. The van der Waals surface area contributed by atoms with Crippen LogP contribution in [0.5, 0.6) is 0 Å². The van der Waals surface area contributed by atoms with Gasteiger partial charge in [-0.15, -0.1) is 0 Å². The standard InChI is InChI=1S/C11H15BrFNO2S/c1-9(12)7-8-14(2)17(15,16)11-5-3-10(13)4-6-11/h3-6,9H,7-8H2,1-2H3. The van der Waals surface area contributed by atoms with E-state index in [1.807, 2.05) is 6.92 Å². The lowest BCUT2D eigenvalue weighted by Crippen LogP contribution is -2.28. The summed E-state index contributed by atoms with van der Waals surface area (Å²) in [4.78, 5) is 0.372. The summed E-state index contributed by atoms with van der Waals surface area (Å²) in [7, 11) is -1.98. The van der Waals surface area contributed by atoms with Gasteiger partial charge >= 0.3 is 0 Å². The van der Waals surface area contributed by atoms with Crippen LogP contribution in [0.1, 0.15) is 13.3 Å². The van der Waals surface area contributed by atoms with Gasteiger partial charge in [0.15, 0.2) is 0 Å². The predicted molar refractivity (Wildman–Crippen MR) is 69.2 cm³/mol. The molecular weight excluding hydrogens is 309 g/mol. The molecule has 0 spiro atoms. The molecule has 0 N–H and O–H groups in total. The number of nitrogens with zero attached hydrogens (tertiary/aromatic N) is 1. The third-order valence-corrected chi connectivity index (χ3v) is 4.69. The molecule has 1 unspecified atom stereocenters. The molecule has 17 heavy (non-hydrogen) atoms. The van der Waals surface area contributed by atoms with Gasteiger partial charge in [0.05, 0.1) is 4.90 Å². The van der Waals surface area contributed by atoms with E-state index >= 15 is 0 Å². The molecule has 0 amide bonds. The molecule has 0 aliphatic carbocycles. The topological polar surface area (TPSA) is 37.4 Å². The van der Waals surface area contributed by atoms with E-state index in [-0.39, 0.29) is 9.72 Å². The zero-order valence-electron chi connectivity index (χ0n) is 9.73. The van der Waals surface area contributed by atoms with Gasteiger partial charge in [0.1, 0.15) is 5.82 Å². The van der Waals surface area contributed by atoms with Crippen molar-refractivity contribution in [3.8, 4) is 0 Å². The quantitative estimate of drug-likeness (QED) is 0.781. The van der Waals surface area contributed by atoms with Gasteiger partial charge in [0.25, 0.3) is 0 Å². The van der Waals surface area contributed by atoms with E-state index in [2.05, 4.69) is 15.9 Å². The minimum Gasteiger partial charge on any atom is -0.207 e. The van der Waals surface area contributed by atoms with E-state index in [0.29, 0.717) is 6.54 Å². The summed E-state index contributed by atoms with van der Waals surface area (Å²) in [5.41, 5.74) is 0. The number of sulfonamides is 1. The Morgan fingerprint density at radius 2 is 1.88 bits per heavy atom. The summed E-state index contributed by atoms with van der Waals surface area (Å²) in [6, 6.07) is 4.85. The summed E-state index contributed by atoms with van der Waals surface area (Å²) in [5, 5.41) is 0. The lowest BCUT2D eigenvalue weighted by atomic mass is 10.3. The molecule has 0 aliphatic heterocycles. The van der Waals surface area contributed by atoms with Crippen molar-refractivity contribution in [2.45, 2.75) is 23.1 Å². The van der Waals surface area contributed by atoms with E-state index in [1.54, 1.807) is 0 Å². The molecule has 1 rings (SSSR count). The number of hydrogen-bond acceptors (Lipinski definition) is 2. The Bertz CT molecular complexity index is 459. The maximum Gasteiger partial charge on any atom is 0.242 e. The van der Waals surface area contributed by atoms with Crippen molar-refractivity contribution in [1.29, 1.82) is 0 Å². The van der Waals surface area contributed by atoms with E-state index in [1.165, 1.54) is 23.5 Å². The third-order valence-electron chi connectivity index (χ3n) is 2.36. The van der Waals surface area contributed by atoms with Gasteiger partial charge in [-0.2, -0.15) is 0 Å². The summed E-state index contributed by atoms with van der Waals surface area (Å²) < 4.78 is 38.1. The van der Waals surface area contributed by atoms with E-state index in [4.69, 9.17) is 0 Å². The van der Waals surface area contributed by atoms with E-state index in [0.717, 1.165) is 18.6 Å². The Labute approximate surface area is 110 Å². The highest BCUT2D eigenvalue weighted by molar-refractivity contribution is 9.09. The fourth-order valence-corrected chi connectivity index (χ4v) is 2.66. The average Bonchev–Trinajstić information content (AvgIpc) is 2.26. The molecule has 1 aromatic rings. The van der Waals surface area contributed by atoms with Crippen LogP contribution < -0.4 is 0 Å². The molecule has 0 heterocycles. The van der Waals surface area contributed by atoms with Gasteiger partial charge in [-0.05, 0) is 30.7 Å². The fraction of sp³-hybridized carbons (Fsp3) is 0.455. The second kappa shape index (κ2) is 5.93. The lowest BCUT2D eigenvalue weighted by Gasteiger charge is -2.17.